The Bertz CT molecular complexity index is 742. The van der Waals surface area contributed by atoms with Crippen LogP contribution in [0.15, 0.2) is 27.2 Å². The Morgan fingerprint density at radius 1 is 1.32 bits per heavy atom. The van der Waals surface area contributed by atoms with Gasteiger partial charge in [0.2, 0.25) is 5.91 Å². The number of hydrogen-bond donors (Lipinski definition) is 2. The van der Waals surface area contributed by atoms with Crippen LogP contribution < -0.4 is 5.32 Å². The highest BCUT2D eigenvalue weighted by Gasteiger charge is 2.39. The van der Waals surface area contributed by atoms with Crippen LogP contribution in [0.5, 0.6) is 0 Å². The van der Waals surface area contributed by atoms with Gasteiger partial charge in [0.1, 0.15) is 5.76 Å². The van der Waals surface area contributed by atoms with Crippen molar-refractivity contribution in [1.82, 2.24) is 10.3 Å². The maximum absolute atomic E-state index is 12.3. The van der Waals surface area contributed by atoms with Gasteiger partial charge in [-0.05, 0) is 31.9 Å². The summed E-state index contributed by atoms with van der Waals surface area (Å²) in [4.78, 5) is 28.2. The number of aryl methyl sites for hydroxylation is 1. The predicted octanol–water partition coefficient (Wildman–Crippen LogP) is 2.94. The summed E-state index contributed by atoms with van der Waals surface area (Å²) in [6.07, 6.45) is 5.61. The third-order valence-corrected chi connectivity index (χ3v) is 4.84. The molecule has 0 unspecified atom stereocenters. The fraction of sp³-hybridized carbons (Fsp3) is 0.500. The van der Waals surface area contributed by atoms with E-state index >= 15 is 0 Å². The Kier molecular flexibility index (Phi) is 4.92. The number of oxazole rings is 1. The lowest BCUT2D eigenvalue weighted by Gasteiger charge is -2.33. The van der Waals surface area contributed by atoms with Gasteiger partial charge in [-0.3, -0.25) is 9.59 Å². The third kappa shape index (κ3) is 3.75. The molecule has 134 valence electrons. The number of carboxylic acid groups (broad SMARTS) is 1. The molecule has 1 saturated carbocycles. The van der Waals surface area contributed by atoms with Gasteiger partial charge in [-0.2, -0.15) is 0 Å². The minimum atomic E-state index is -0.841. The Morgan fingerprint density at radius 3 is 2.72 bits per heavy atom. The van der Waals surface area contributed by atoms with Crippen LogP contribution in [0.1, 0.15) is 43.6 Å². The highest BCUT2D eigenvalue weighted by molar-refractivity contribution is 5.80. The van der Waals surface area contributed by atoms with Crippen LogP contribution in [-0.4, -0.2) is 28.5 Å². The van der Waals surface area contributed by atoms with Crippen LogP contribution in [-0.2, 0) is 16.0 Å². The van der Waals surface area contributed by atoms with Gasteiger partial charge in [0.15, 0.2) is 5.76 Å². The van der Waals surface area contributed by atoms with Crippen molar-refractivity contribution in [2.24, 2.45) is 5.41 Å². The number of furan rings is 1. The monoisotopic (exact) mass is 346 g/mol. The second-order valence-electron chi connectivity index (χ2n) is 6.60. The van der Waals surface area contributed by atoms with Gasteiger partial charge in [0.25, 0.3) is 5.89 Å². The van der Waals surface area contributed by atoms with E-state index in [4.69, 9.17) is 8.83 Å². The minimum absolute atomic E-state index is 0.0474. The van der Waals surface area contributed by atoms with E-state index in [2.05, 4.69) is 10.3 Å². The lowest BCUT2D eigenvalue weighted by molar-refractivity contribution is -0.151. The lowest BCUT2D eigenvalue weighted by atomic mass is 9.74. The summed E-state index contributed by atoms with van der Waals surface area (Å²) in [5, 5.41) is 12.3. The number of carbonyl (C=O) groups excluding carboxylic acids is 1. The molecule has 1 amide bonds. The number of carboxylic acids is 1. The fourth-order valence-corrected chi connectivity index (χ4v) is 3.27. The van der Waals surface area contributed by atoms with Gasteiger partial charge in [0, 0.05) is 6.54 Å². The first-order chi connectivity index (χ1) is 12.0. The average molecular weight is 346 g/mol. The molecular formula is C18H22N2O5. The van der Waals surface area contributed by atoms with Crippen molar-refractivity contribution in [3.63, 3.8) is 0 Å². The molecule has 25 heavy (non-hydrogen) atoms. The number of carbonyl (C=O) groups is 2. The van der Waals surface area contributed by atoms with Crippen molar-refractivity contribution >= 4 is 11.9 Å². The molecule has 2 aromatic heterocycles. The van der Waals surface area contributed by atoms with Crippen LogP contribution >= 0.6 is 0 Å². The molecule has 0 spiro atoms. The van der Waals surface area contributed by atoms with Gasteiger partial charge < -0.3 is 19.3 Å². The van der Waals surface area contributed by atoms with Crippen molar-refractivity contribution in [1.29, 1.82) is 0 Å². The topological polar surface area (TPSA) is 106 Å². The zero-order valence-electron chi connectivity index (χ0n) is 14.2. The standard InChI is InChI=1S/C18H22N2O5/c1-12-13(20-16(25-12)14-6-5-9-24-14)10-15(21)19-11-18(17(22)23)7-3-2-4-8-18/h5-6,9H,2-4,7-8,10-11H2,1H3,(H,19,21)(H,22,23). The van der Waals surface area contributed by atoms with Crippen LogP contribution in [0, 0.1) is 12.3 Å². The molecule has 0 aliphatic heterocycles. The SMILES string of the molecule is Cc1oc(-c2ccco2)nc1CC(=O)NCC1(C(=O)O)CCCCC1. The molecule has 0 saturated heterocycles. The first-order valence-corrected chi connectivity index (χ1v) is 8.50. The van der Waals surface area contributed by atoms with Crippen LogP contribution in [0.3, 0.4) is 0 Å². The Labute approximate surface area is 145 Å². The summed E-state index contributed by atoms with van der Waals surface area (Å²) < 4.78 is 10.8. The zero-order chi connectivity index (χ0) is 17.9. The maximum Gasteiger partial charge on any atom is 0.311 e. The smallest absolute Gasteiger partial charge is 0.311 e. The van der Waals surface area contributed by atoms with E-state index in [0.29, 0.717) is 35.9 Å². The molecule has 2 N–H and O–H groups in total. The van der Waals surface area contributed by atoms with E-state index in [9.17, 15) is 14.7 Å². The number of amides is 1. The fourth-order valence-electron chi connectivity index (χ4n) is 3.27. The van der Waals surface area contributed by atoms with E-state index in [1.165, 1.54) is 6.26 Å². The van der Waals surface area contributed by atoms with Gasteiger partial charge in [0.05, 0.1) is 23.8 Å². The van der Waals surface area contributed by atoms with Gasteiger partial charge >= 0.3 is 5.97 Å². The van der Waals surface area contributed by atoms with E-state index in [-0.39, 0.29) is 18.9 Å². The molecule has 0 aromatic carbocycles. The summed E-state index contributed by atoms with van der Waals surface area (Å²) in [5.41, 5.74) is -0.316. The Morgan fingerprint density at radius 2 is 2.08 bits per heavy atom. The van der Waals surface area contributed by atoms with Crippen LogP contribution in [0.4, 0.5) is 0 Å². The molecule has 3 rings (SSSR count). The molecule has 0 radical (unpaired) electrons. The summed E-state index contributed by atoms with van der Waals surface area (Å²) in [6.45, 7) is 1.89. The molecule has 1 aliphatic rings. The quantitative estimate of drug-likeness (QED) is 0.833. The Hall–Kier alpha value is -2.57. The summed E-state index contributed by atoms with van der Waals surface area (Å²) in [6, 6.07) is 3.46. The number of aliphatic carboxylic acids is 1. The Balaban J connectivity index is 1.62. The summed E-state index contributed by atoms with van der Waals surface area (Å²) in [7, 11) is 0. The van der Waals surface area contributed by atoms with E-state index in [1.54, 1.807) is 19.1 Å². The van der Waals surface area contributed by atoms with E-state index < -0.39 is 11.4 Å². The average Bonchev–Trinajstić information content (AvgIpc) is 3.24. The van der Waals surface area contributed by atoms with Crippen molar-refractivity contribution < 1.29 is 23.5 Å². The van der Waals surface area contributed by atoms with Crippen LogP contribution in [0.2, 0.25) is 0 Å². The highest BCUT2D eigenvalue weighted by Crippen LogP contribution is 2.36. The number of hydrogen-bond acceptors (Lipinski definition) is 5. The largest absolute Gasteiger partial charge is 0.481 e. The maximum atomic E-state index is 12.3. The van der Waals surface area contributed by atoms with Crippen molar-refractivity contribution in [2.75, 3.05) is 6.54 Å². The molecule has 2 heterocycles. The lowest BCUT2D eigenvalue weighted by Crippen LogP contribution is -2.44. The molecule has 1 fully saturated rings. The number of nitrogens with one attached hydrogen (secondary N) is 1. The normalized spacial score (nSPS) is 16.5. The number of nitrogens with zero attached hydrogens (tertiary/aromatic N) is 1. The molecule has 2 aromatic rings. The molecule has 7 heteroatoms. The minimum Gasteiger partial charge on any atom is -0.481 e. The van der Waals surface area contributed by atoms with Gasteiger partial charge in [-0.1, -0.05) is 19.3 Å². The third-order valence-electron chi connectivity index (χ3n) is 4.84. The van der Waals surface area contributed by atoms with Crippen LogP contribution in [0.25, 0.3) is 11.7 Å². The number of aromatic nitrogens is 1. The van der Waals surface area contributed by atoms with Crippen molar-refractivity contribution in [3.05, 3.63) is 29.9 Å². The first kappa shape index (κ1) is 17.3. The number of rotatable bonds is 6. The van der Waals surface area contributed by atoms with Crippen molar-refractivity contribution in [2.45, 2.75) is 45.4 Å². The second-order valence-corrected chi connectivity index (χ2v) is 6.60. The van der Waals surface area contributed by atoms with Gasteiger partial charge in [-0.15, -0.1) is 0 Å². The molecule has 7 nitrogen and oxygen atoms in total. The van der Waals surface area contributed by atoms with E-state index in [1.807, 2.05) is 0 Å². The molecule has 1 aliphatic carbocycles. The molecule has 0 bridgehead atoms. The zero-order valence-corrected chi connectivity index (χ0v) is 14.2. The summed E-state index contributed by atoms with van der Waals surface area (Å²) >= 11 is 0. The first-order valence-electron chi connectivity index (χ1n) is 8.50. The second kappa shape index (κ2) is 7.13. The van der Waals surface area contributed by atoms with Crippen molar-refractivity contribution in [3.8, 4) is 11.7 Å². The van der Waals surface area contributed by atoms with E-state index in [0.717, 1.165) is 19.3 Å². The summed E-state index contributed by atoms with van der Waals surface area (Å²) in [5.74, 6) is 0.298. The molecular weight excluding hydrogens is 324 g/mol. The van der Waals surface area contributed by atoms with Gasteiger partial charge in [-0.25, -0.2) is 4.98 Å². The molecule has 0 atom stereocenters. The predicted molar refractivity (Wildman–Crippen MR) is 88.8 cm³/mol. The highest BCUT2D eigenvalue weighted by atomic mass is 16.4.